The molecule has 86 valence electrons. The third-order valence-electron chi connectivity index (χ3n) is 2.83. The van der Waals surface area contributed by atoms with Gasteiger partial charge in [-0.05, 0) is 18.8 Å². The monoisotopic (exact) mass is 217 g/mol. The number of thioether (sulfide) groups is 1. The molecule has 0 aliphatic rings. The molecule has 1 nitrogen and oxygen atoms in total. The van der Waals surface area contributed by atoms with E-state index in [2.05, 4.69) is 46.4 Å². The number of nitrogens with two attached hydrogens (primary N) is 1. The molecule has 2 N–H and O–H groups in total. The van der Waals surface area contributed by atoms with Crippen molar-refractivity contribution in [1.82, 2.24) is 0 Å². The highest BCUT2D eigenvalue weighted by Gasteiger charge is 2.19. The highest BCUT2D eigenvalue weighted by atomic mass is 32.2. The van der Waals surface area contributed by atoms with Crippen molar-refractivity contribution < 1.29 is 0 Å². The number of hydrogen-bond acceptors (Lipinski definition) is 2. The fraction of sp³-hybridized carbons (Fsp3) is 1.00. The molecular weight excluding hydrogens is 190 g/mol. The first-order valence-electron chi connectivity index (χ1n) is 5.93. The lowest BCUT2D eigenvalue weighted by Crippen LogP contribution is -2.33. The Bertz CT molecular complexity index is 136. The SMILES string of the molecule is CCCC(N)C(CC)SC(C)C(C)C. The van der Waals surface area contributed by atoms with Gasteiger partial charge in [-0.15, -0.1) is 0 Å². The standard InChI is InChI=1S/C12H27NS/c1-6-8-11(13)12(7-2)14-10(5)9(3)4/h9-12H,6-8,13H2,1-5H3. The number of hydrogen-bond donors (Lipinski definition) is 1. The van der Waals surface area contributed by atoms with Crippen LogP contribution in [0.5, 0.6) is 0 Å². The van der Waals surface area contributed by atoms with Gasteiger partial charge in [-0.1, -0.05) is 41.0 Å². The van der Waals surface area contributed by atoms with E-state index in [0.717, 1.165) is 17.6 Å². The molecule has 0 rings (SSSR count). The van der Waals surface area contributed by atoms with Crippen LogP contribution < -0.4 is 5.73 Å². The smallest absolute Gasteiger partial charge is 0.0199 e. The second kappa shape index (κ2) is 7.58. The summed E-state index contributed by atoms with van der Waals surface area (Å²) in [6.07, 6.45) is 3.56. The fourth-order valence-electron chi connectivity index (χ4n) is 1.45. The molecule has 0 aliphatic carbocycles. The van der Waals surface area contributed by atoms with Crippen LogP contribution in [0.15, 0.2) is 0 Å². The van der Waals surface area contributed by atoms with Gasteiger partial charge in [-0.3, -0.25) is 0 Å². The molecule has 0 aromatic rings. The summed E-state index contributed by atoms with van der Waals surface area (Å²) >= 11 is 2.08. The topological polar surface area (TPSA) is 26.0 Å². The van der Waals surface area contributed by atoms with Gasteiger partial charge in [0.05, 0.1) is 0 Å². The predicted octanol–water partition coefficient (Wildman–Crippen LogP) is 3.67. The molecule has 0 aromatic heterocycles. The summed E-state index contributed by atoms with van der Waals surface area (Å²) in [6, 6.07) is 0.385. The Balaban J connectivity index is 4.00. The second-order valence-corrected chi connectivity index (χ2v) is 6.11. The zero-order valence-corrected chi connectivity index (χ0v) is 11.2. The minimum absolute atomic E-state index is 0.385. The van der Waals surface area contributed by atoms with Crippen molar-refractivity contribution in [2.75, 3.05) is 0 Å². The van der Waals surface area contributed by atoms with Crippen molar-refractivity contribution in [3.8, 4) is 0 Å². The van der Waals surface area contributed by atoms with E-state index in [1.54, 1.807) is 0 Å². The lowest BCUT2D eigenvalue weighted by atomic mass is 10.1. The maximum absolute atomic E-state index is 6.17. The first kappa shape index (κ1) is 14.3. The normalized spacial score (nSPS) is 18.2. The maximum atomic E-state index is 6.17. The molecule has 0 spiro atoms. The van der Waals surface area contributed by atoms with Gasteiger partial charge in [0.2, 0.25) is 0 Å². The van der Waals surface area contributed by atoms with E-state index in [9.17, 15) is 0 Å². The van der Waals surface area contributed by atoms with Gasteiger partial charge in [0.15, 0.2) is 0 Å². The Morgan fingerprint density at radius 1 is 1.14 bits per heavy atom. The largest absolute Gasteiger partial charge is 0.327 e. The summed E-state index contributed by atoms with van der Waals surface area (Å²) in [5.41, 5.74) is 6.17. The average molecular weight is 217 g/mol. The maximum Gasteiger partial charge on any atom is 0.0199 e. The molecule has 14 heavy (non-hydrogen) atoms. The summed E-state index contributed by atoms with van der Waals surface area (Å²) in [5.74, 6) is 0.753. The quantitative estimate of drug-likeness (QED) is 0.704. The molecule has 0 aliphatic heterocycles. The van der Waals surface area contributed by atoms with E-state index in [4.69, 9.17) is 5.73 Å². The Labute approximate surface area is 94.2 Å². The van der Waals surface area contributed by atoms with Crippen LogP contribution in [0.1, 0.15) is 53.9 Å². The highest BCUT2D eigenvalue weighted by molar-refractivity contribution is 8.00. The van der Waals surface area contributed by atoms with Crippen LogP contribution in [0.3, 0.4) is 0 Å². The van der Waals surface area contributed by atoms with Crippen molar-refractivity contribution in [2.45, 2.75) is 70.4 Å². The Hall–Kier alpha value is 0.310. The van der Waals surface area contributed by atoms with Crippen molar-refractivity contribution in [3.05, 3.63) is 0 Å². The zero-order chi connectivity index (χ0) is 11.1. The van der Waals surface area contributed by atoms with Crippen molar-refractivity contribution in [3.63, 3.8) is 0 Å². The van der Waals surface area contributed by atoms with Crippen molar-refractivity contribution in [1.29, 1.82) is 0 Å². The molecule has 0 fully saturated rings. The summed E-state index contributed by atoms with van der Waals surface area (Å²) in [5, 5.41) is 1.37. The Morgan fingerprint density at radius 2 is 1.71 bits per heavy atom. The van der Waals surface area contributed by atoms with Crippen LogP contribution in [0.2, 0.25) is 0 Å². The molecule has 3 unspecified atom stereocenters. The minimum atomic E-state index is 0.385. The zero-order valence-electron chi connectivity index (χ0n) is 10.4. The molecule has 0 saturated carbocycles. The van der Waals surface area contributed by atoms with Gasteiger partial charge in [0, 0.05) is 16.5 Å². The van der Waals surface area contributed by atoms with E-state index in [-0.39, 0.29) is 0 Å². The number of rotatable bonds is 7. The molecule has 3 atom stereocenters. The van der Waals surface area contributed by atoms with Gasteiger partial charge in [-0.25, -0.2) is 0 Å². The van der Waals surface area contributed by atoms with E-state index >= 15 is 0 Å². The molecule has 2 heteroatoms. The highest BCUT2D eigenvalue weighted by Crippen LogP contribution is 2.28. The molecule has 0 aromatic carbocycles. The predicted molar refractivity (Wildman–Crippen MR) is 68.9 cm³/mol. The Kier molecular flexibility index (Phi) is 7.75. The van der Waals surface area contributed by atoms with Crippen LogP contribution in [-0.4, -0.2) is 16.5 Å². The fourth-order valence-corrected chi connectivity index (χ4v) is 2.85. The van der Waals surface area contributed by atoms with E-state index < -0.39 is 0 Å². The molecule has 0 amide bonds. The van der Waals surface area contributed by atoms with E-state index in [1.165, 1.54) is 12.8 Å². The lowest BCUT2D eigenvalue weighted by molar-refractivity contribution is 0.558. The summed E-state index contributed by atoms with van der Waals surface area (Å²) < 4.78 is 0. The Morgan fingerprint density at radius 3 is 2.07 bits per heavy atom. The first-order chi connectivity index (χ1) is 6.52. The molecule has 0 saturated heterocycles. The molecule has 0 radical (unpaired) electrons. The molecule has 0 heterocycles. The third kappa shape index (κ3) is 5.26. The van der Waals surface area contributed by atoms with Crippen LogP contribution in [0.4, 0.5) is 0 Å². The first-order valence-corrected chi connectivity index (χ1v) is 6.88. The van der Waals surface area contributed by atoms with Gasteiger partial charge >= 0.3 is 0 Å². The molecular formula is C12H27NS. The van der Waals surface area contributed by atoms with Crippen LogP contribution in [-0.2, 0) is 0 Å². The van der Waals surface area contributed by atoms with Gasteiger partial charge in [-0.2, -0.15) is 11.8 Å². The van der Waals surface area contributed by atoms with Gasteiger partial charge < -0.3 is 5.73 Å². The van der Waals surface area contributed by atoms with Crippen LogP contribution in [0.25, 0.3) is 0 Å². The minimum Gasteiger partial charge on any atom is -0.327 e. The molecule has 0 bridgehead atoms. The summed E-state index contributed by atoms with van der Waals surface area (Å²) in [7, 11) is 0. The van der Waals surface area contributed by atoms with Crippen molar-refractivity contribution >= 4 is 11.8 Å². The van der Waals surface area contributed by atoms with E-state index in [0.29, 0.717) is 11.3 Å². The van der Waals surface area contributed by atoms with Gasteiger partial charge in [0.1, 0.15) is 0 Å². The average Bonchev–Trinajstić information content (AvgIpc) is 2.13. The third-order valence-corrected chi connectivity index (χ3v) is 4.84. The summed E-state index contributed by atoms with van der Waals surface area (Å²) in [4.78, 5) is 0. The summed E-state index contributed by atoms with van der Waals surface area (Å²) in [6.45, 7) is 11.4. The second-order valence-electron chi connectivity index (χ2n) is 4.48. The van der Waals surface area contributed by atoms with Crippen LogP contribution in [0, 0.1) is 5.92 Å². The van der Waals surface area contributed by atoms with Crippen LogP contribution >= 0.6 is 11.8 Å². The lowest BCUT2D eigenvalue weighted by Gasteiger charge is -2.26. The van der Waals surface area contributed by atoms with E-state index in [1.807, 2.05) is 0 Å². The van der Waals surface area contributed by atoms with Gasteiger partial charge in [0.25, 0.3) is 0 Å². The van der Waals surface area contributed by atoms with Crippen molar-refractivity contribution in [2.24, 2.45) is 11.7 Å².